The molecule has 0 bridgehead atoms. The normalized spacial score (nSPS) is 11.1. The average molecular weight is 296 g/mol. The van der Waals surface area contributed by atoms with Gasteiger partial charge in [0.05, 0.1) is 5.02 Å². The molecule has 0 atom stereocenters. The quantitative estimate of drug-likeness (QED) is 0.855. The number of halogens is 3. The molecule has 2 aromatic carbocycles. The van der Waals surface area contributed by atoms with E-state index in [4.69, 9.17) is 11.6 Å². The first kappa shape index (κ1) is 14.9. The van der Waals surface area contributed by atoms with Gasteiger partial charge >= 0.3 is 0 Å². The second-order valence-corrected chi connectivity index (χ2v) is 5.38. The molecule has 106 valence electrons. The standard InChI is InChI=1S/C16H16ClF2N/c1-10(2)20-9-13-7-11(3-5-15(13)18)12-4-6-16(19)14(17)8-12/h3-8,10,20H,9H2,1-2H3. The van der Waals surface area contributed by atoms with Crippen LogP contribution in [0.1, 0.15) is 19.4 Å². The summed E-state index contributed by atoms with van der Waals surface area (Å²) < 4.78 is 26.9. The maximum atomic E-state index is 13.8. The maximum Gasteiger partial charge on any atom is 0.141 e. The molecule has 0 spiro atoms. The molecule has 1 N–H and O–H groups in total. The van der Waals surface area contributed by atoms with Gasteiger partial charge in [0.2, 0.25) is 0 Å². The van der Waals surface area contributed by atoms with Gasteiger partial charge in [-0.15, -0.1) is 0 Å². The summed E-state index contributed by atoms with van der Waals surface area (Å²) in [6.07, 6.45) is 0. The molecule has 20 heavy (non-hydrogen) atoms. The molecule has 0 aromatic heterocycles. The Balaban J connectivity index is 2.32. The fourth-order valence-corrected chi connectivity index (χ4v) is 2.06. The van der Waals surface area contributed by atoms with Gasteiger partial charge in [-0.3, -0.25) is 0 Å². The maximum absolute atomic E-state index is 13.8. The van der Waals surface area contributed by atoms with E-state index in [-0.39, 0.29) is 16.9 Å². The summed E-state index contributed by atoms with van der Waals surface area (Å²) in [5.41, 5.74) is 2.16. The Kier molecular flexibility index (Phi) is 4.73. The largest absolute Gasteiger partial charge is 0.310 e. The predicted molar refractivity (Wildman–Crippen MR) is 78.8 cm³/mol. The second kappa shape index (κ2) is 6.33. The molecule has 0 radical (unpaired) electrons. The third kappa shape index (κ3) is 3.56. The molecule has 2 rings (SSSR count). The van der Waals surface area contributed by atoms with E-state index in [0.29, 0.717) is 12.1 Å². The molecular formula is C16H16ClF2N. The molecule has 0 amide bonds. The molecule has 1 nitrogen and oxygen atoms in total. The Labute approximate surface area is 122 Å². The molecule has 0 fully saturated rings. The number of hydrogen-bond acceptors (Lipinski definition) is 1. The molecule has 0 unspecified atom stereocenters. The van der Waals surface area contributed by atoms with Crippen LogP contribution >= 0.6 is 11.6 Å². The van der Waals surface area contributed by atoms with Gasteiger partial charge in [-0.1, -0.05) is 37.6 Å². The van der Waals surface area contributed by atoms with E-state index >= 15 is 0 Å². The van der Waals surface area contributed by atoms with Crippen molar-refractivity contribution in [3.63, 3.8) is 0 Å². The fourth-order valence-electron chi connectivity index (χ4n) is 1.88. The minimum atomic E-state index is -0.459. The van der Waals surface area contributed by atoms with Gasteiger partial charge in [0.1, 0.15) is 11.6 Å². The van der Waals surface area contributed by atoms with Crippen molar-refractivity contribution in [2.24, 2.45) is 0 Å². The lowest BCUT2D eigenvalue weighted by molar-refractivity contribution is 0.553. The highest BCUT2D eigenvalue weighted by Gasteiger charge is 2.08. The summed E-state index contributed by atoms with van der Waals surface area (Å²) in [7, 11) is 0. The van der Waals surface area contributed by atoms with Gasteiger partial charge in [0.25, 0.3) is 0 Å². The highest BCUT2D eigenvalue weighted by atomic mass is 35.5. The molecule has 0 saturated carbocycles. The smallest absolute Gasteiger partial charge is 0.141 e. The number of hydrogen-bond donors (Lipinski definition) is 1. The summed E-state index contributed by atoms with van der Waals surface area (Å²) in [5, 5.41) is 3.24. The van der Waals surface area contributed by atoms with Crippen LogP contribution < -0.4 is 5.32 Å². The monoisotopic (exact) mass is 295 g/mol. The van der Waals surface area contributed by atoms with Gasteiger partial charge in [-0.05, 0) is 35.4 Å². The zero-order valence-electron chi connectivity index (χ0n) is 11.4. The van der Waals surface area contributed by atoms with Gasteiger partial charge in [-0.25, -0.2) is 8.78 Å². The van der Waals surface area contributed by atoms with Crippen molar-refractivity contribution in [3.05, 3.63) is 58.6 Å². The minimum Gasteiger partial charge on any atom is -0.310 e. The molecule has 0 aliphatic carbocycles. The summed E-state index contributed by atoms with van der Waals surface area (Å²) in [6, 6.07) is 9.61. The van der Waals surface area contributed by atoms with Crippen molar-refractivity contribution in [2.45, 2.75) is 26.4 Å². The Hall–Kier alpha value is -1.45. The molecule has 0 heterocycles. The van der Waals surface area contributed by atoms with Crippen molar-refractivity contribution in [3.8, 4) is 11.1 Å². The van der Waals surface area contributed by atoms with Gasteiger partial charge in [0, 0.05) is 18.2 Å². The first-order valence-corrected chi connectivity index (χ1v) is 6.82. The number of nitrogens with one attached hydrogen (secondary N) is 1. The lowest BCUT2D eigenvalue weighted by atomic mass is 10.0. The van der Waals surface area contributed by atoms with Crippen LogP contribution in [0, 0.1) is 11.6 Å². The topological polar surface area (TPSA) is 12.0 Å². The Morgan fingerprint density at radius 2 is 1.60 bits per heavy atom. The predicted octanol–water partition coefficient (Wildman–Crippen LogP) is 4.78. The van der Waals surface area contributed by atoms with E-state index in [9.17, 15) is 8.78 Å². The van der Waals surface area contributed by atoms with E-state index < -0.39 is 5.82 Å². The molecular weight excluding hydrogens is 280 g/mol. The average Bonchev–Trinajstić information content (AvgIpc) is 2.41. The second-order valence-electron chi connectivity index (χ2n) is 4.97. The summed E-state index contributed by atoms with van der Waals surface area (Å²) in [6.45, 7) is 4.45. The first-order valence-electron chi connectivity index (χ1n) is 6.44. The third-order valence-electron chi connectivity index (χ3n) is 3.00. The van der Waals surface area contributed by atoms with E-state index in [1.807, 2.05) is 13.8 Å². The SMILES string of the molecule is CC(C)NCc1cc(-c2ccc(F)c(Cl)c2)ccc1F. The first-order chi connectivity index (χ1) is 9.47. The van der Waals surface area contributed by atoms with Crippen LogP contribution in [0.5, 0.6) is 0 Å². The Morgan fingerprint density at radius 3 is 2.20 bits per heavy atom. The minimum absolute atomic E-state index is 0.0636. The third-order valence-corrected chi connectivity index (χ3v) is 3.29. The van der Waals surface area contributed by atoms with Crippen LogP contribution in [0.3, 0.4) is 0 Å². The van der Waals surface area contributed by atoms with Crippen LogP contribution in [0.15, 0.2) is 36.4 Å². The fraction of sp³-hybridized carbons (Fsp3) is 0.250. The van der Waals surface area contributed by atoms with Gasteiger partial charge in [-0.2, -0.15) is 0 Å². The van der Waals surface area contributed by atoms with Gasteiger partial charge in [0.15, 0.2) is 0 Å². The van der Waals surface area contributed by atoms with Crippen molar-refractivity contribution < 1.29 is 8.78 Å². The number of rotatable bonds is 4. The zero-order valence-corrected chi connectivity index (χ0v) is 12.1. The molecule has 0 aliphatic rings. The molecule has 4 heteroatoms. The van der Waals surface area contributed by atoms with Crippen molar-refractivity contribution in [1.82, 2.24) is 5.32 Å². The van der Waals surface area contributed by atoms with E-state index in [0.717, 1.165) is 11.1 Å². The van der Waals surface area contributed by atoms with Crippen molar-refractivity contribution >= 4 is 11.6 Å². The molecule has 0 saturated heterocycles. The lowest BCUT2D eigenvalue weighted by Crippen LogP contribution is -2.22. The van der Waals surface area contributed by atoms with Crippen LogP contribution in [-0.2, 0) is 6.54 Å². The molecule has 0 aliphatic heterocycles. The van der Waals surface area contributed by atoms with Crippen LogP contribution in [0.2, 0.25) is 5.02 Å². The van der Waals surface area contributed by atoms with E-state index in [1.165, 1.54) is 12.1 Å². The van der Waals surface area contributed by atoms with Crippen LogP contribution in [0.25, 0.3) is 11.1 Å². The van der Waals surface area contributed by atoms with Gasteiger partial charge < -0.3 is 5.32 Å². The highest BCUT2D eigenvalue weighted by Crippen LogP contribution is 2.26. The summed E-state index contributed by atoms with van der Waals surface area (Å²) >= 11 is 5.78. The van der Waals surface area contributed by atoms with E-state index in [2.05, 4.69) is 5.32 Å². The number of benzene rings is 2. The van der Waals surface area contributed by atoms with Crippen molar-refractivity contribution in [2.75, 3.05) is 0 Å². The lowest BCUT2D eigenvalue weighted by Gasteiger charge is -2.11. The van der Waals surface area contributed by atoms with E-state index in [1.54, 1.807) is 24.3 Å². The Bertz CT molecular complexity index is 611. The zero-order chi connectivity index (χ0) is 14.7. The summed E-state index contributed by atoms with van der Waals surface area (Å²) in [4.78, 5) is 0. The van der Waals surface area contributed by atoms with Crippen LogP contribution in [-0.4, -0.2) is 6.04 Å². The highest BCUT2D eigenvalue weighted by molar-refractivity contribution is 6.31. The summed E-state index contributed by atoms with van der Waals surface area (Å²) in [5.74, 6) is -0.714. The Morgan fingerprint density at radius 1 is 1.00 bits per heavy atom. The van der Waals surface area contributed by atoms with Crippen molar-refractivity contribution in [1.29, 1.82) is 0 Å². The molecule has 2 aromatic rings. The van der Waals surface area contributed by atoms with Crippen LogP contribution in [0.4, 0.5) is 8.78 Å².